The summed E-state index contributed by atoms with van der Waals surface area (Å²) in [4.78, 5) is 17.5. The molecule has 1 atom stereocenters. The molecular formula is C24H29NO3S. The second kappa shape index (κ2) is 8.54. The average Bonchev–Trinajstić information content (AvgIpc) is 3.01. The van der Waals surface area contributed by atoms with Gasteiger partial charge in [-0.15, -0.1) is 11.8 Å². The summed E-state index contributed by atoms with van der Waals surface area (Å²) in [7, 11) is 0. The van der Waals surface area contributed by atoms with E-state index in [-0.39, 0.29) is 16.5 Å². The summed E-state index contributed by atoms with van der Waals surface area (Å²) in [5.41, 5.74) is 3.68. The van der Waals surface area contributed by atoms with E-state index in [4.69, 9.17) is 4.74 Å². The van der Waals surface area contributed by atoms with E-state index in [0.717, 1.165) is 32.6 Å². The predicted octanol–water partition coefficient (Wildman–Crippen LogP) is 5.96. The first-order valence-electron chi connectivity index (χ1n) is 9.95. The fourth-order valence-corrected chi connectivity index (χ4v) is 4.77. The Morgan fingerprint density at radius 2 is 1.86 bits per heavy atom. The largest absolute Gasteiger partial charge is 0.508 e. The summed E-state index contributed by atoms with van der Waals surface area (Å²) in [6.45, 7) is 10.5. The number of H-pyrrole nitrogens is 1. The maximum absolute atomic E-state index is 13.0. The summed E-state index contributed by atoms with van der Waals surface area (Å²) < 4.78 is 5.39. The topological polar surface area (TPSA) is 62.3 Å². The molecule has 1 unspecified atom stereocenters. The number of phenols is 1. The Bertz CT molecular complexity index is 1000. The second-order valence-electron chi connectivity index (χ2n) is 8.21. The molecule has 154 valence electrons. The number of phenolic OH excluding ortho intramolecular Hbond substituents is 1. The van der Waals surface area contributed by atoms with Gasteiger partial charge in [-0.3, -0.25) is 4.79 Å². The third-order valence-corrected chi connectivity index (χ3v) is 6.03. The van der Waals surface area contributed by atoms with Crippen molar-refractivity contribution in [2.75, 3.05) is 6.61 Å². The van der Waals surface area contributed by atoms with E-state index >= 15 is 0 Å². The van der Waals surface area contributed by atoms with Crippen molar-refractivity contribution in [3.05, 3.63) is 59.3 Å². The second-order valence-corrected chi connectivity index (χ2v) is 10.0. The fraction of sp³-hybridized carbons (Fsp3) is 0.375. The number of aromatic hydroxyl groups is 1. The van der Waals surface area contributed by atoms with Gasteiger partial charge < -0.3 is 14.8 Å². The molecule has 0 radical (unpaired) electrons. The number of hydrogen-bond donors (Lipinski definition) is 2. The molecule has 29 heavy (non-hydrogen) atoms. The van der Waals surface area contributed by atoms with Crippen LogP contribution in [0.4, 0.5) is 0 Å². The number of nitrogens with one attached hydrogen (secondary N) is 1. The van der Waals surface area contributed by atoms with E-state index < -0.39 is 5.92 Å². The molecule has 2 N–H and O–H groups in total. The molecule has 0 saturated heterocycles. The van der Waals surface area contributed by atoms with Crippen LogP contribution in [0.5, 0.6) is 5.75 Å². The highest BCUT2D eigenvalue weighted by atomic mass is 32.2. The minimum atomic E-state index is -0.448. The Labute approximate surface area is 176 Å². The smallest absolute Gasteiger partial charge is 0.315 e. The zero-order chi connectivity index (χ0) is 21.2. The van der Waals surface area contributed by atoms with Gasteiger partial charge >= 0.3 is 5.97 Å². The molecule has 0 aliphatic carbocycles. The lowest BCUT2D eigenvalue weighted by Gasteiger charge is -2.22. The van der Waals surface area contributed by atoms with Gasteiger partial charge in [0.25, 0.3) is 0 Å². The first kappa shape index (κ1) is 21.3. The van der Waals surface area contributed by atoms with E-state index in [1.54, 1.807) is 17.8 Å². The van der Waals surface area contributed by atoms with Gasteiger partial charge in [-0.1, -0.05) is 51.1 Å². The van der Waals surface area contributed by atoms with Crippen molar-refractivity contribution in [3.8, 4) is 5.75 Å². The first-order valence-corrected chi connectivity index (χ1v) is 10.8. The van der Waals surface area contributed by atoms with E-state index in [9.17, 15) is 9.90 Å². The highest BCUT2D eigenvalue weighted by molar-refractivity contribution is 8.00. The predicted molar refractivity (Wildman–Crippen MR) is 120 cm³/mol. The van der Waals surface area contributed by atoms with Crippen LogP contribution in [0, 0.1) is 6.92 Å². The number of esters is 1. The number of hydrogen-bond acceptors (Lipinski definition) is 4. The molecule has 0 aliphatic heterocycles. The van der Waals surface area contributed by atoms with Crippen molar-refractivity contribution in [2.24, 2.45) is 0 Å². The monoisotopic (exact) mass is 411 g/mol. The average molecular weight is 412 g/mol. The summed E-state index contributed by atoms with van der Waals surface area (Å²) in [6.07, 6.45) is 0.551. The van der Waals surface area contributed by atoms with Crippen molar-refractivity contribution in [3.63, 3.8) is 0 Å². The molecule has 1 heterocycles. The Morgan fingerprint density at radius 3 is 2.48 bits per heavy atom. The lowest BCUT2D eigenvalue weighted by molar-refractivity contribution is -0.145. The number of carbonyl (C=O) groups excluding carboxylic acids is 1. The van der Waals surface area contributed by atoms with Gasteiger partial charge in [-0.25, -0.2) is 0 Å². The Hall–Kier alpha value is -2.40. The van der Waals surface area contributed by atoms with Crippen LogP contribution < -0.4 is 0 Å². The Kier molecular flexibility index (Phi) is 6.27. The molecular weight excluding hydrogens is 382 g/mol. The van der Waals surface area contributed by atoms with E-state index in [1.165, 1.54) is 0 Å². The minimum Gasteiger partial charge on any atom is -0.508 e. The molecule has 0 amide bonds. The number of rotatable bonds is 6. The zero-order valence-electron chi connectivity index (χ0n) is 17.7. The molecule has 5 heteroatoms. The third kappa shape index (κ3) is 4.78. The highest BCUT2D eigenvalue weighted by Gasteiger charge is 2.31. The SMILES string of the molecule is CCOC(=O)C(Cc1ccccc1)c1[nH]c2ccc(O)c(C)c2c1SC(C)(C)C. The fourth-order valence-electron chi connectivity index (χ4n) is 3.49. The van der Waals surface area contributed by atoms with Crippen LogP contribution in [0.1, 0.15) is 50.4 Å². The van der Waals surface area contributed by atoms with E-state index in [1.807, 2.05) is 50.2 Å². The van der Waals surface area contributed by atoms with Crippen LogP contribution in [0.3, 0.4) is 0 Å². The van der Waals surface area contributed by atoms with Gasteiger partial charge in [-0.05, 0) is 38.0 Å². The van der Waals surface area contributed by atoms with Crippen LogP contribution in [-0.4, -0.2) is 27.4 Å². The van der Waals surface area contributed by atoms with Crippen molar-refractivity contribution < 1.29 is 14.6 Å². The van der Waals surface area contributed by atoms with Crippen LogP contribution >= 0.6 is 11.8 Å². The standard InChI is InChI=1S/C24H29NO3S/c1-6-28-23(27)17(14-16-10-8-7-9-11-16)21-22(29-24(3,4)5)20-15(2)19(26)13-12-18(20)25-21/h7-13,17,25-26H,6,14H2,1-5H3. The quantitative estimate of drug-likeness (QED) is 0.388. The molecule has 4 nitrogen and oxygen atoms in total. The maximum atomic E-state index is 13.0. The van der Waals surface area contributed by atoms with Crippen LogP contribution in [-0.2, 0) is 16.0 Å². The Morgan fingerprint density at radius 1 is 1.17 bits per heavy atom. The molecule has 0 fully saturated rings. The summed E-state index contributed by atoms with van der Waals surface area (Å²) >= 11 is 1.71. The first-order chi connectivity index (χ1) is 13.7. The highest BCUT2D eigenvalue weighted by Crippen LogP contribution is 2.45. The van der Waals surface area contributed by atoms with E-state index in [2.05, 4.69) is 25.8 Å². The maximum Gasteiger partial charge on any atom is 0.315 e. The lowest BCUT2D eigenvalue weighted by Crippen LogP contribution is -2.20. The molecule has 3 rings (SSSR count). The van der Waals surface area contributed by atoms with Crippen LogP contribution in [0.2, 0.25) is 0 Å². The molecule has 0 bridgehead atoms. The summed E-state index contributed by atoms with van der Waals surface area (Å²) in [5, 5.41) is 11.3. The number of aromatic amines is 1. The summed E-state index contributed by atoms with van der Waals surface area (Å²) in [6, 6.07) is 13.6. The van der Waals surface area contributed by atoms with Gasteiger partial charge in [0.1, 0.15) is 11.7 Å². The van der Waals surface area contributed by atoms with Crippen LogP contribution in [0.25, 0.3) is 10.9 Å². The van der Waals surface area contributed by atoms with Gasteiger partial charge in [0, 0.05) is 31.8 Å². The number of carbonyl (C=O) groups is 1. The van der Waals surface area contributed by atoms with Crippen molar-refractivity contribution >= 4 is 28.6 Å². The molecule has 3 aromatic rings. The number of aromatic nitrogens is 1. The molecule has 0 aliphatic rings. The number of aryl methyl sites for hydroxylation is 1. The number of thioether (sulfide) groups is 1. The molecule has 0 saturated carbocycles. The number of fused-ring (bicyclic) bond motifs is 1. The zero-order valence-corrected chi connectivity index (χ0v) is 18.5. The number of ether oxygens (including phenoxy) is 1. The third-order valence-electron chi connectivity index (χ3n) is 4.79. The van der Waals surface area contributed by atoms with Crippen molar-refractivity contribution in [2.45, 2.75) is 56.6 Å². The lowest BCUT2D eigenvalue weighted by atomic mass is 9.96. The van der Waals surface area contributed by atoms with Gasteiger partial charge in [-0.2, -0.15) is 0 Å². The summed E-state index contributed by atoms with van der Waals surface area (Å²) in [5.74, 6) is -0.425. The molecule has 2 aromatic carbocycles. The van der Waals surface area contributed by atoms with Crippen LogP contribution in [0.15, 0.2) is 47.4 Å². The molecule has 1 aromatic heterocycles. The normalized spacial score (nSPS) is 12.9. The number of benzene rings is 2. The Balaban J connectivity index is 2.20. The molecule has 0 spiro atoms. The van der Waals surface area contributed by atoms with E-state index in [0.29, 0.717) is 13.0 Å². The van der Waals surface area contributed by atoms with Gasteiger partial charge in [0.15, 0.2) is 0 Å². The van der Waals surface area contributed by atoms with Crippen molar-refractivity contribution in [1.29, 1.82) is 0 Å². The van der Waals surface area contributed by atoms with Gasteiger partial charge in [0.2, 0.25) is 0 Å². The van der Waals surface area contributed by atoms with Crippen molar-refractivity contribution in [1.82, 2.24) is 4.98 Å². The minimum absolute atomic E-state index is 0.0618. The van der Waals surface area contributed by atoms with Gasteiger partial charge in [0.05, 0.1) is 6.61 Å².